The van der Waals surface area contributed by atoms with E-state index in [-0.39, 0.29) is 11.5 Å². The van der Waals surface area contributed by atoms with Gasteiger partial charge in [-0.05, 0) is 46.5 Å². The Kier molecular flexibility index (Phi) is 6.36. The standard InChI is InChI=1S/C27H25N3O4S2/c1-17-7-5-11-21(13-17)28-26(32)23-16-35-27-25(29-36(2,33)34)20(15-24(31)30(23)27)14-19-10-6-9-18-8-3-4-12-22(18)19/h3-13,15,23,29H,14,16H2,1-2H3,(H,28,32). The van der Waals surface area contributed by atoms with Crippen molar-refractivity contribution < 1.29 is 13.2 Å². The molecule has 1 atom stereocenters. The Bertz CT molecular complexity index is 1660. The van der Waals surface area contributed by atoms with Gasteiger partial charge in [0.15, 0.2) is 0 Å². The summed E-state index contributed by atoms with van der Waals surface area (Å²) in [5.74, 6) is 0.00401. The zero-order valence-corrected chi connectivity index (χ0v) is 21.4. The molecule has 1 aromatic heterocycles. The van der Waals surface area contributed by atoms with Gasteiger partial charge >= 0.3 is 0 Å². The van der Waals surface area contributed by atoms with Gasteiger partial charge in [0, 0.05) is 23.9 Å². The molecule has 0 aliphatic carbocycles. The SMILES string of the molecule is Cc1cccc(NC(=O)C2CSc3c(NS(C)(=O)=O)c(Cc4cccc5ccccc45)cc(=O)n32)c1. The van der Waals surface area contributed by atoms with E-state index in [1.165, 1.54) is 22.4 Å². The zero-order valence-electron chi connectivity index (χ0n) is 19.8. The molecule has 5 rings (SSSR count). The van der Waals surface area contributed by atoms with Crippen molar-refractivity contribution in [2.24, 2.45) is 0 Å². The summed E-state index contributed by atoms with van der Waals surface area (Å²) in [5.41, 5.74) is 3.21. The number of sulfonamides is 1. The van der Waals surface area contributed by atoms with Crippen molar-refractivity contribution in [1.82, 2.24) is 4.57 Å². The van der Waals surface area contributed by atoms with E-state index in [0.717, 1.165) is 28.2 Å². The van der Waals surface area contributed by atoms with E-state index in [9.17, 15) is 18.0 Å². The second kappa shape index (κ2) is 9.48. The number of nitrogens with one attached hydrogen (secondary N) is 2. The fourth-order valence-corrected chi connectivity index (χ4v) is 6.51. The van der Waals surface area contributed by atoms with E-state index >= 15 is 0 Å². The van der Waals surface area contributed by atoms with Gasteiger partial charge in [-0.25, -0.2) is 8.42 Å². The van der Waals surface area contributed by atoms with Gasteiger partial charge in [0.1, 0.15) is 11.1 Å². The summed E-state index contributed by atoms with van der Waals surface area (Å²) in [6, 6.07) is 22.0. The second-order valence-corrected chi connectivity index (χ2v) is 11.7. The number of carbonyl (C=O) groups is 1. The van der Waals surface area contributed by atoms with Crippen molar-refractivity contribution in [3.8, 4) is 0 Å². The lowest BCUT2D eigenvalue weighted by Gasteiger charge is -2.19. The predicted molar refractivity (Wildman–Crippen MR) is 145 cm³/mol. The fraction of sp³-hybridized carbons (Fsp3) is 0.185. The van der Waals surface area contributed by atoms with Crippen LogP contribution in [0.5, 0.6) is 0 Å². The van der Waals surface area contributed by atoms with E-state index in [2.05, 4.69) is 10.0 Å². The van der Waals surface area contributed by atoms with E-state index in [0.29, 0.717) is 34.1 Å². The molecule has 184 valence electrons. The Morgan fingerprint density at radius 1 is 1.03 bits per heavy atom. The van der Waals surface area contributed by atoms with Gasteiger partial charge in [-0.1, -0.05) is 54.6 Å². The summed E-state index contributed by atoms with van der Waals surface area (Å²) in [5, 5.41) is 5.43. The van der Waals surface area contributed by atoms with Crippen LogP contribution in [0.1, 0.15) is 22.7 Å². The van der Waals surface area contributed by atoms with Crippen molar-refractivity contribution in [1.29, 1.82) is 0 Å². The summed E-state index contributed by atoms with van der Waals surface area (Å²) in [6.07, 6.45) is 1.45. The number of hydrogen-bond donors (Lipinski definition) is 2. The third-order valence-corrected chi connectivity index (χ3v) is 7.85. The minimum atomic E-state index is -3.64. The molecule has 0 saturated heterocycles. The number of carbonyl (C=O) groups excluding carboxylic acids is 1. The first-order valence-corrected chi connectivity index (χ1v) is 14.3. The third-order valence-electron chi connectivity index (χ3n) is 6.12. The molecule has 3 aromatic carbocycles. The summed E-state index contributed by atoms with van der Waals surface area (Å²) < 4.78 is 28.6. The van der Waals surface area contributed by atoms with Crippen molar-refractivity contribution in [2.45, 2.75) is 24.4 Å². The Hall–Kier alpha value is -3.56. The quantitative estimate of drug-likeness (QED) is 0.389. The maximum absolute atomic E-state index is 13.3. The number of aryl methyl sites for hydroxylation is 1. The van der Waals surface area contributed by atoms with Crippen LogP contribution in [0.3, 0.4) is 0 Å². The number of benzene rings is 3. The normalized spacial score (nSPS) is 15.0. The van der Waals surface area contributed by atoms with Crippen molar-refractivity contribution >= 4 is 49.8 Å². The van der Waals surface area contributed by atoms with Gasteiger partial charge in [-0.15, -0.1) is 11.8 Å². The number of pyridine rings is 1. The minimum absolute atomic E-state index is 0.318. The van der Waals surface area contributed by atoms with Crippen LogP contribution < -0.4 is 15.6 Å². The average Bonchev–Trinajstić information content (AvgIpc) is 3.27. The fourth-order valence-electron chi connectivity index (χ4n) is 4.55. The zero-order chi connectivity index (χ0) is 25.4. The number of aromatic nitrogens is 1. The predicted octanol–water partition coefficient (Wildman–Crippen LogP) is 4.56. The molecule has 0 bridgehead atoms. The molecule has 1 aliphatic rings. The van der Waals surface area contributed by atoms with Gasteiger partial charge in [-0.3, -0.25) is 18.9 Å². The molecule has 36 heavy (non-hydrogen) atoms. The lowest BCUT2D eigenvalue weighted by Crippen LogP contribution is -2.33. The molecule has 0 spiro atoms. The molecule has 2 N–H and O–H groups in total. The molecule has 2 heterocycles. The van der Waals surface area contributed by atoms with Gasteiger partial charge < -0.3 is 5.32 Å². The smallest absolute Gasteiger partial charge is 0.252 e. The summed E-state index contributed by atoms with van der Waals surface area (Å²) >= 11 is 1.30. The van der Waals surface area contributed by atoms with Gasteiger partial charge in [-0.2, -0.15) is 0 Å². The lowest BCUT2D eigenvalue weighted by atomic mass is 9.98. The number of fused-ring (bicyclic) bond motifs is 2. The van der Waals surface area contributed by atoms with Crippen molar-refractivity contribution in [2.75, 3.05) is 22.0 Å². The largest absolute Gasteiger partial charge is 0.324 e. The molecule has 1 aliphatic heterocycles. The van der Waals surface area contributed by atoms with Crippen LogP contribution in [0.2, 0.25) is 0 Å². The van der Waals surface area contributed by atoms with E-state index < -0.39 is 16.1 Å². The monoisotopic (exact) mass is 519 g/mol. The van der Waals surface area contributed by atoms with Crippen LogP contribution in [-0.4, -0.2) is 30.9 Å². The van der Waals surface area contributed by atoms with Gasteiger partial charge in [0.2, 0.25) is 15.9 Å². The summed E-state index contributed by atoms with van der Waals surface area (Å²) in [4.78, 5) is 26.5. The molecule has 0 radical (unpaired) electrons. The number of anilines is 2. The van der Waals surface area contributed by atoms with E-state index in [1.807, 2.05) is 67.6 Å². The molecule has 0 fully saturated rings. The molecule has 1 amide bonds. The van der Waals surface area contributed by atoms with Crippen LogP contribution in [-0.2, 0) is 21.2 Å². The first-order chi connectivity index (χ1) is 17.2. The van der Waals surface area contributed by atoms with Crippen LogP contribution in [0, 0.1) is 6.92 Å². The summed E-state index contributed by atoms with van der Waals surface area (Å²) in [7, 11) is -3.64. The maximum Gasteiger partial charge on any atom is 0.252 e. The highest BCUT2D eigenvalue weighted by Crippen LogP contribution is 2.40. The molecular formula is C27H25N3O4S2. The Labute approximate surface area is 213 Å². The molecular weight excluding hydrogens is 494 g/mol. The average molecular weight is 520 g/mol. The Morgan fingerprint density at radius 2 is 1.78 bits per heavy atom. The highest BCUT2D eigenvalue weighted by Gasteiger charge is 2.34. The third kappa shape index (κ3) is 4.89. The number of thioether (sulfide) groups is 1. The van der Waals surface area contributed by atoms with Gasteiger partial charge in [0.25, 0.3) is 5.56 Å². The highest BCUT2D eigenvalue weighted by molar-refractivity contribution is 7.99. The topological polar surface area (TPSA) is 97.3 Å². The van der Waals surface area contributed by atoms with Crippen LogP contribution in [0.15, 0.2) is 82.6 Å². The molecule has 9 heteroatoms. The minimum Gasteiger partial charge on any atom is -0.324 e. The summed E-state index contributed by atoms with van der Waals surface area (Å²) in [6.45, 7) is 1.93. The van der Waals surface area contributed by atoms with Gasteiger partial charge in [0.05, 0.1) is 11.9 Å². The number of nitrogens with zero attached hydrogens (tertiary/aromatic N) is 1. The second-order valence-electron chi connectivity index (χ2n) is 8.93. The van der Waals surface area contributed by atoms with E-state index in [1.54, 1.807) is 6.07 Å². The number of amides is 1. The number of rotatable bonds is 6. The Morgan fingerprint density at radius 3 is 2.56 bits per heavy atom. The maximum atomic E-state index is 13.3. The first-order valence-electron chi connectivity index (χ1n) is 11.4. The number of hydrogen-bond acceptors (Lipinski definition) is 5. The van der Waals surface area contributed by atoms with Crippen LogP contribution >= 0.6 is 11.8 Å². The Balaban J connectivity index is 1.57. The van der Waals surface area contributed by atoms with Crippen molar-refractivity contribution in [3.05, 3.63) is 99.8 Å². The molecule has 4 aromatic rings. The molecule has 0 saturated carbocycles. The van der Waals surface area contributed by atoms with Crippen molar-refractivity contribution in [3.63, 3.8) is 0 Å². The highest BCUT2D eigenvalue weighted by atomic mass is 32.2. The molecule has 7 nitrogen and oxygen atoms in total. The first kappa shape index (κ1) is 24.1. The van der Waals surface area contributed by atoms with Crippen LogP contribution in [0.4, 0.5) is 11.4 Å². The van der Waals surface area contributed by atoms with Crippen LogP contribution in [0.25, 0.3) is 10.8 Å². The lowest BCUT2D eigenvalue weighted by molar-refractivity contribution is -0.118. The molecule has 1 unspecified atom stereocenters. The van der Waals surface area contributed by atoms with E-state index in [4.69, 9.17) is 0 Å².